The lowest BCUT2D eigenvalue weighted by molar-refractivity contribution is -0.134. The first-order chi connectivity index (χ1) is 10.8. The number of carbonyl (C=O) groups excluding carboxylic acids is 1. The fourth-order valence-electron chi connectivity index (χ4n) is 4.35. The molecule has 1 aliphatic carbocycles. The van der Waals surface area contributed by atoms with Gasteiger partial charge in [0.25, 0.3) is 0 Å². The number of piperidine rings is 1. The van der Waals surface area contributed by atoms with Crippen LogP contribution in [0.15, 0.2) is 0 Å². The number of ether oxygens (including phenoxy) is 2. The van der Waals surface area contributed by atoms with Crippen LogP contribution in [0.3, 0.4) is 0 Å². The quantitative estimate of drug-likeness (QED) is 0.854. The van der Waals surface area contributed by atoms with Crippen LogP contribution in [-0.4, -0.2) is 61.4 Å². The lowest BCUT2D eigenvalue weighted by atomic mass is 9.89. The van der Waals surface area contributed by atoms with Crippen molar-refractivity contribution in [1.29, 1.82) is 0 Å². The molecule has 3 heterocycles. The van der Waals surface area contributed by atoms with Gasteiger partial charge in [-0.1, -0.05) is 0 Å². The van der Waals surface area contributed by atoms with Gasteiger partial charge in [0.1, 0.15) is 6.10 Å². The Kier molecular flexibility index (Phi) is 4.38. The molecular weight excluding hydrogens is 280 g/mol. The first kappa shape index (κ1) is 14.9. The largest absolute Gasteiger partial charge is 0.381 e. The Bertz CT molecular complexity index is 407. The van der Waals surface area contributed by atoms with E-state index in [0.29, 0.717) is 18.0 Å². The van der Waals surface area contributed by atoms with Crippen LogP contribution in [0.25, 0.3) is 0 Å². The maximum absolute atomic E-state index is 12.3. The summed E-state index contributed by atoms with van der Waals surface area (Å²) < 4.78 is 11.6. The molecular formula is C17H28N2O3. The van der Waals surface area contributed by atoms with Crippen molar-refractivity contribution in [2.45, 2.75) is 69.2 Å². The number of nitrogens with one attached hydrogen (secondary N) is 1. The number of nitrogens with zero attached hydrogens (tertiary/aromatic N) is 1. The first-order valence-corrected chi connectivity index (χ1v) is 9.07. The number of rotatable bonds is 3. The van der Waals surface area contributed by atoms with Gasteiger partial charge in [0.05, 0.1) is 6.10 Å². The van der Waals surface area contributed by atoms with Gasteiger partial charge < -0.3 is 14.8 Å². The van der Waals surface area contributed by atoms with Crippen molar-refractivity contribution >= 4 is 5.91 Å². The third-order valence-corrected chi connectivity index (χ3v) is 6.03. The molecule has 22 heavy (non-hydrogen) atoms. The summed E-state index contributed by atoms with van der Waals surface area (Å²) in [5.41, 5.74) is 0. The van der Waals surface area contributed by atoms with E-state index >= 15 is 0 Å². The number of amides is 1. The van der Waals surface area contributed by atoms with Crippen LogP contribution in [0.1, 0.15) is 44.9 Å². The average molecular weight is 308 g/mol. The molecule has 0 aromatic rings. The van der Waals surface area contributed by atoms with Gasteiger partial charge in [-0.15, -0.1) is 0 Å². The lowest BCUT2D eigenvalue weighted by Crippen LogP contribution is -2.49. The predicted octanol–water partition coefficient (Wildman–Crippen LogP) is 1.31. The maximum Gasteiger partial charge on any atom is 0.249 e. The number of likely N-dealkylation sites (tertiary alicyclic amines) is 1. The highest BCUT2D eigenvalue weighted by Gasteiger charge is 2.43. The van der Waals surface area contributed by atoms with Crippen LogP contribution in [0.5, 0.6) is 0 Å². The first-order valence-electron chi connectivity index (χ1n) is 9.07. The summed E-state index contributed by atoms with van der Waals surface area (Å²) in [6.07, 6.45) is 7.97. The fraction of sp³-hybridized carbons (Fsp3) is 0.941. The summed E-state index contributed by atoms with van der Waals surface area (Å²) in [6.45, 7) is 3.94. The molecule has 1 N–H and O–H groups in total. The molecule has 0 aromatic carbocycles. The van der Waals surface area contributed by atoms with Gasteiger partial charge in [0.15, 0.2) is 0 Å². The van der Waals surface area contributed by atoms with E-state index in [2.05, 4.69) is 10.2 Å². The Balaban J connectivity index is 1.30. The summed E-state index contributed by atoms with van der Waals surface area (Å²) in [5.74, 6) is 0.713. The zero-order chi connectivity index (χ0) is 14.9. The van der Waals surface area contributed by atoms with Crippen LogP contribution in [0, 0.1) is 5.92 Å². The summed E-state index contributed by atoms with van der Waals surface area (Å²) in [7, 11) is 0. The molecule has 3 saturated heterocycles. The average Bonchev–Trinajstić information content (AvgIpc) is 2.94. The molecule has 5 nitrogen and oxygen atoms in total. The van der Waals surface area contributed by atoms with Gasteiger partial charge in [-0.05, 0) is 57.4 Å². The van der Waals surface area contributed by atoms with Crippen LogP contribution in [-0.2, 0) is 14.3 Å². The molecule has 3 atom stereocenters. The Morgan fingerprint density at radius 2 is 1.91 bits per heavy atom. The molecule has 1 amide bonds. The molecule has 1 saturated carbocycles. The highest BCUT2D eigenvalue weighted by molar-refractivity contribution is 5.81. The Hall–Kier alpha value is -0.650. The second-order valence-corrected chi connectivity index (χ2v) is 7.42. The van der Waals surface area contributed by atoms with Crippen molar-refractivity contribution in [2.75, 3.05) is 26.3 Å². The Morgan fingerprint density at radius 3 is 2.64 bits per heavy atom. The molecule has 5 heteroatoms. The summed E-state index contributed by atoms with van der Waals surface area (Å²) in [5, 5.41) is 3.15. The number of hydrogen-bond acceptors (Lipinski definition) is 4. The van der Waals surface area contributed by atoms with Gasteiger partial charge in [-0.3, -0.25) is 9.69 Å². The van der Waals surface area contributed by atoms with Crippen molar-refractivity contribution in [3.8, 4) is 0 Å². The topological polar surface area (TPSA) is 50.8 Å². The van der Waals surface area contributed by atoms with Crippen molar-refractivity contribution in [3.63, 3.8) is 0 Å². The third kappa shape index (κ3) is 3.03. The van der Waals surface area contributed by atoms with E-state index in [4.69, 9.17) is 9.47 Å². The zero-order valence-electron chi connectivity index (χ0n) is 13.3. The highest BCUT2D eigenvalue weighted by atomic mass is 16.5. The predicted molar refractivity (Wildman–Crippen MR) is 82.6 cm³/mol. The molecule has 3 aliphatic heterocycles. The number of carbonyl (C=O) groups is 1. The number of hydrogen-bond donors (Lipinski definition) is 1. The van der Waals surface area contributed by atoms with E-state index < -0.39 is 0 Å². The van der Waals surface area contributed by atoms with E-state index in [0.717, 1.165) is 58.4 Å². The normalized spacial score (nSPS) is 37.5. The van der Waals surface area contributed by atoms with Crippen LogP contribution < -0.4 is 5.32 Å². The summed E-state index contributed by atoms with van der Waals surface area (Å²) >= 11 is 0. The minimum absolute atomic E-state index is 0.136. The molecule has 0 radical (unpaired) electrons. The molecule has 4 fully saturated rings. The van der Waals surface area contributed by atoms with Crippen molar-refractivity contribution in [2.24, 2.45) is 5.92 Å². The van der Waals surface area contributed by atoms with E-state index in [-0.39, 0.29) is 18.1 Å². The fourth-order valence-corrected chi connectivity index (χ4v) is 4.35. The lowest BCUT2D eigenvalue weighted by Gasteiger charge is -2.40. The summed E-state index contributed by atoms with van der Waals surface area (Å²) in [6, 6.07) is 1.07. The monoisotopic (exact) mass is 308 g/mol. The molecule has 0 spiro atoms. The van der Waals surface area contributed by atoms with E-state index in [1.165, 1.54) is 12.8 Å². The minimum atomic E-state index is -0.203. The van der Waals surface area contributed by atoms with E-state index in [1.54, 1.807) is 0 Å². The van der Waals surface area contributed by atoms with Crippen molar-refractivity contribution in [3.05, 3.63) is 0 Å². The number of fused-ring (bicyclic) bond motifs is 1. The molecule has 124 valence electrons. The van der Waals surface area contributed by atoms with Gasteiger partial charge in [0.2, 0.25) is 5.91 Å². The van der Waals surface area contributed by atoms with Crippen LogP contribution in [0.2, 0.25) is 0 Å². The van der Waals surface area contributed by atoms with Gasteiger partial charge in [0, 0.05) is 31.8 Å². The molecule has 4 rings (SSSR count). The second kappa shape index (κ2) is 6.46. The summed E-state index contributed by atoms with van der Waals surface area (Å²) in [4.78, 5) is 14.9. The Labute approximate surface area is 132 Å². The van der Waals surface area contributed by atoms with Crippen LogP contribution >= 0.6 is 0 Å². The Morgan fingerprint density at radius 1 is 1.09 bits per heavy atom. The van der Waals surface area contributed by atoms with Gasteiger partial charge in [-0.2, -0.15) is 0 Å². The van der Waals surface area contributed by atoms with Crippen molar-refractivity contribution in [1.82, 2.24) is 10.2 Å². The molecule has 4 aliphatic rings. The zero-order valence-corrected chi connectivity index (χ0v) is 13.3. The standard InChI is InChI=1S/C17H28N2O3/c20-17(18-13-2-1-3-13)15-10-12-4-7-19(11-16(12)22-15)14-5-8-21-9-6-14/h12-16H,1-11H2,(H,18,20)/t12-,15-,16-/m0/s1. The molecule has 0 aromatic heterocycles. The molecule has 0 unspecified atom stereocenters. The van der Waals surface area contributed by atoms with Crippen molar-refractivity contribution < 1.29 is 14.3 Å². The van der Waals surface area contributed by atoms with Crippen LogP contribution in [0.4, 0.5) is 0 Å². The highest BCUT2D eigenvalue weighted by Crippen LogP contribution is 2.35. The van der Waals surface area contributed by atoms with E-state index in [1.807, 2.05) is 0 Å². The second-order valence-electron chi connectivity index (χ2n) is 7.42. The minimum Gasteiger partial charge on any atom is -0.381 e. The van der Waals surface area contributed by atoms with E-state index in [9.17, 15) is 4.79 Å². The maximum atomic E-state index is 12.3. The smallest absolute Gasteiger partial charge is 0.249 e. The molecule has 0 bridgehead atoms. The van der Waals surface area contributed by atoms with Gasteiger partial charge in [-0.25, -0.2) is 0 Å². The third-order valence-electron chi connectivity index (χ3n) is 6.03. The SMILES string of the molecule is O=C(NC1CCC1)[C@@H]1C[C@@H]2CCN(C3CCOCC3)C[C@@H]2O1. The van der Waals surface area contributed by atoms with Gasteiger partial charge >= 0.3 is 0 Å².